The molecule has 0 saturated carbocycles. The van der Waals surface area contributed by atoms with Crippen molar-refractivity contribution in [3.05, 3.63) is 96.3 Å². The van der Waals surface area contributed by atoms with Crippen molar-refractivity contribution in [2.24, 2.45) is 5.92 Å². The Kier molecular flexibility index (Phi) is 9.59. The summed E-state index contributed by atoms with van der Waals surface area (Å²) in [4.78, 5) is 48.3. The van der Waals surface area contributed by atoms with Crippen molar-refractivity contribution < 1.29 is 19.1 Å². The van der Waals surface area contributed by atoms with Gasteiger partial charge in [-0.05, 0) is 52.4 Å². The van der Waals surface area contributed by atoms with E-state index in [-0.39, 0.29) is 42.8 Å². The number of nitrogens with one attached hydrogen (secondary N) is 2. The van der Waals surface area contributed by atoms with Crippen molar-refractivity contribution in [2.75, 3.05) is 39.3 Å². The third kappa shape index (κ3) is 7.72. The first-order valence-electron chi connectivity index (χ1n) is 16.1. The molecule has 2 atom stereocenters. The summed E-state index contributed by atoms with van der Waals surface area (Å²) in [6, 6.07) is 23.3. The largest absolute Gasteiger partial charge is 0.491 e. The van der Waals surface area contributed by atoms with E-state index in [1.807, 2.05) is 65.6 Å². The van der Waals surface area contributed by atoms with Crippen molar-refractivity contribution in [3.8, 4) is 16.9 Å². The fourth-order valence-corrected chi connectivity index (χ4v) is 6.44. The molecule has 0 radical (unpaired) electrons. The molecule has 3 aromatic carbocycles. The van der Waals surface area contributed by atoms with Crippen LogP contribution >= 0.6 is 0 Å². The first-order chi connectivity index (χ1) is 22.3. The van der Waals surface area contributed by atoms with Gasteiger partial charge in [0.2, 0.25) is 11.8 Å². The normalized spacial score (nSPS) is 19.3. The van der Waals surface area contributed by atoms with Crippen LogP contribution in [0.1, 0.15) is 36.2 Å². The lowest BCUT2D eigenvalue weighted by Crippen LogP contribution is -2.47. The molecule has 2 N–H and O–H groups in total. The minimum Gasteiger partial charge on any atom is -0.491 e. The van der Waals surface area contributed by atoms with Gasteiger partial charge in [0.1, 0.15) is 12.4 Å². The van der Waals surface area contributed by atoms with E-state index in [1.165, 1.54) is 0 Å². The molecule has 6 rings (SSSR count). The summed E-state index contributed by atoms with van der Waals surface area (Å²) in [5.74, 6) is 0.716. The van der Waals surface area contributed by atoms with E-state index < -0.39 is 0 Å². The first-order valence-corrected chi connectivity index (χ1v) is 16.1. The Labute approximate surface area is 269 Å². The minimum absolute atomic E-state index is 0.0132. The predicted molar refractivity (Wildman–Crippen MR) is 178 cm³/mol. The number of fused-ring (bicyclic) bond motifs is 7. The van der Waals surface area contributed by atoms with Crippen molar-refractivity contribution in [3.63, 3.8) is 0 Å². The molecule has 0 unspecified atom stereocenters. The molecule has 3 amide bonds. The molecular weight excluding hydrogens is 578 g/mol. The molecule has 2 aliphatic heterocycles. The highest BCUT2D eigenvalue weighted by atomic mass is 16.5. The van der Waals surface area contributed by atoms with Gasteiger partial charge in [-0.25, -0.2) is 0 Å². The third-order valence-corrected chi connectivity index (χ3v) is 8.58. The average Bonchev–Trinajstić information content (AvgIpc) is 3.45. The number of aromatic nitrogens is 1. The average molecular weight is 620 g/mol. The smallest absolute Gasteiger partial charge is 0.252 e. The molecule has 9 nitrogen and oxygen atoms in total. The highest BCUT2D eigenvalue weighted by molar-refractivity contribution is 5.95. The SMILES string of the molecule is CC(C)CN1CCNC(=O)c2cncc(c2)-c2cccc(c2)OC[C@@H]2C[C@@H](NC(=O)Cc3ccc4ccccc4c3)CN2C(=O)C1. The number of nitrogens with zero attached hydrogens (tertiary/aromatic N) is 3. The van der Waals surface area contributed by atoms with Gasteiger partial charge >= 0.3 is 0 Å². The van der Waals surface area contributed by atoms with Crippen LogP contribution in [-0.4, -0.2) is 83.9 Å². The molecule has 9 heteroatoms. The lowest BCUT2D eigenvalue weighted by molar-refractivity contribution is -0.134. The number of pyridine rings is 1. The molecule has 4 bridgehead atoms. The predicted octanol–water partition coefficient (Wildman–Crippen LogP) is 4.31. The highest BCUT2D eigenvalue weighted by Gasteiger charge is 2.37. The molecular formula is C37H41N5O4. The summed E-state index contributed by atoms with van der Waals surface area (Å²) in [5, 5.41) is 8.43. The van der Waals surface area contributed by atoms with Gasteiger partial charge in [-0.1, -0.05) is 68.4 Å². The molecule has 1 fully saturated rings. The monoisotopic (exact) mass is 619 g/mol. The first kappa shape index (κ1) is 31.2. The number of carbonyl (C=O) groups excluding carboxylic acids is 3. The van der Waals surface area contributed by atoms with Crippen LogP contribution in [0.4, 0.5) is 0 Å². The van der Waals surface area contributed by atoms with E-state index in [2.05, 4.69) is 46.5 Å². The second-order valence-electron chi connectivity index (χ2n) is 12.7. The van der Waals surface area contributed by atoms with Gasteiger partial charge in [-0.15, -0.1) is 0 Å². The Balaban J connectivity index is 1.21. The Morgan fingerprint density at radius 2 is 1.80 bits per heavy atom. The maximum Gasteiger partial charge on any atom is 0.252 e. The van der Waals surface area contributed by atoms with Gasteiger partial charge in [0.05, 0.1) is 24.6 Å². The summed E-state index contributed by atoms with van der Waals surface area (Å²) in [5.41, 5.74) is 3.13. The zero-order chi connectivity index (χ0) is 32.0. The van der Waals surface area contributed by atoms with Crippen LogP contribution in [0, 0.1) is 5.92 Å². The van der Waals surface area contributed by atoms with Crippen molar-refractivity contribution >= 4 is 28.5 Å². The number of ether oxygens (including phenoxy) is 1. The summed E-state index contributed by atoms with van der Waals surface area (Å²) < 4.78 is 6.29. The van der Waals surface area contributed by atoms with E-state index in [9.17, 15) is 14.4 Å². The molecule has 46 heavy (non-hydrogen) atoms. The summed E-state index contributed by atoms with van der Waals surface area (Å²) >= 11 is 0. The number of carbonyl (C=O) groups is 3. The fourth-order valence-electron chi connectivity index (χ4n) is 6.44. The van der Waals surface area contributed by atoms with Crippen LogP contribution in [0.3, 0.4) is 0 Å². The van der Waals surface area contributed by atoms with Crippen molar-refractivity contribution in [1.29, 1.82) is 0 Å². The van der Waals surface area contributed by atoms with Crippen LogP contribution in [0.5, 0.6) is 5.75 Å². The lowest BCUT2D eigenvalue weighted by Gasteiger charge is -2.29. The van der Waals surface area contributed by atoms with E-state index in [4.69, 9.17) is 4.74 Å². The van der Waals surface area contributed by atoms with Crippen LogP contribution in [0.25, 0.3) is 21.9 Å². The zero-order valence-electron chi connectivity index (χ0n) is 26.4. The Morgan fingerprint density at radius 3 is 2.65 bits per heavy atom. The van der Waals surface area contributed by atoms with Gasteiger partial charge in [-0.3, -0.25) is 24.3 Å². The highest BCUT2D eigenvalue weighted by Crippen LogP contribution is 2.26. The second kappa shape index (κ2) is 14.1. The Hall–Kier alpha value is -4.76. The molecule has 3 heterocycles. The summed E-state index contributed by atoms with van der Waals surface area (Å²) in [7, 11) is 0. The van der Waals surface area contributed by atoms with E-state index in [1.54, 1.807) is 12.4 Å². The molecule has 2 aliphatic rings. The van der Waals surface area contributed by atoms with Gasteiger partial charge in [0.25, 0.3) is 5.91 Å². The standard InChI is InChI=1S/C37H41N5O4/c1-25(2)21-41-13-12-39-37(45)31-16-30(19-38-20-31)29-8-5-9-34(17-29)46-24-33-18-32(22-42(33)36(44)23-41)40-35(43)15-26-10-11-27-6-3-4-7-28(27)14-26/h3-11,14,16-17,19-20,25,32-33H,12-13,15,18,21-24H2,1-2H3,(H,39,45)(H,40,43)/t32-,33+/m1/s1. The van der Waals surface area contributed by atoms with Gasteiger partial charge in [0, 0.05) is 50.2 Å². The lowest BCUT2D eigenvalue weighted by atomic mass is 10.0. The zero-order valence-corrected chi connectivity index (χ0v) is 26.4. The fraction of sp³-hybridized carbons (Fsp3) is 0.351. The molecule has 4 aromatic rings. The van der Waals surface area contributed by atoms with Crippen LogP contribution < -0.4 is 15.4 Å². The van der Waals surface area contributed by atoms with Crippen LogP contribution in [0.2, 0.25) is 0 Å². The third-order valence-electron chi connectivity index (χ3n) is 8.58. The van der Waals surface area contributed by atoms with Gasteiger partial charge in [0.15, 0.2) is 0 Å². The Morgan fingerprint density at radius 1 is 0.978 bits per heavy atom. The summed E-state index contributed by atoms with van der Waals surface area (Å²) in [6.45, 7) is 6.81. The molecule has 238 valence electrons. The number of hydrogen-bond donors (Lipinski definition) is 2. The molecule has 1 aromatic heterocycles. The van der Waals surface area contributed by atoms with E-state index in [0.717, 1.165) is 27.5 Å². The molecule has 0 spiro atoms. The number of rotatable bonds is 5. The van der Waals surface area contributed by atoms with Gasteiger partial charge in [-0.2, -0.15) is 0 Å². The second-order valence-corrected chi connectivity index (χ2v) is 12.7. The van der Waals surface area contributed by atoms with E-state index in [0.29, 0.717) is 56.4 Å². The van der Waals surface area contributed by atoms with Crippen LogP contribution in [-0.2, 0) is 16.0 Å². The number of hydrogen-bond acceptors (Lipinski definition) is 6. The Bertz CT molecular complexity index is 1720. The van der Waals surface area contributed by atoms with Gasteiger partial charge < -0.3 is 20.3 Å². The quantitative estimate of drug-likeness (QED) is 0.345. The van der Waals surface area contributed by atoms with Crippen molar-refractivity contribution in [2.45, 2.75) is 38.8 Å². The minimum atomic E-state index is -0.205. The maximum absolute atomic E-state index is 13.9. The number of amides is 3. The van der Waals surface area contributed by atoms with Crippen molar-refractivity contribution in [1.82, 2.24) is 25.4 Å². The molecule has 1 saturated heterocycles. The topological polar surface area (TPSA) is 104 Å². The van der Waals surface area contributed by atoms with E-state index >= 15 is 0 Å². The molecule has 0 aliphatic carbocycles. The summed E-state index contributed by atoms with van der Waals surface area (Å²) in [6.07, 6.45) is 4.17. The number of benzene rings is 3. The van der Waals surface area contributed by atoms with Crippen LogP contribution in [0.15, 0.2) is 85.2 Å². The maximum atomic E-state index is 13.9.